The third-order valence-corrected chi connectivity index (χ3v) is 0. The summed E-state index contributed by atoms with van der Waals surface area (Å²) in [6, 6.07) is 0. The standard InChI is InChI=1S/2CH5N.6H2O.Pt/c2*1-2;;;;;;;/h2*2H2,1H3;6*1H2;/q;;;;;;;;+4/p-4. The molecule has 82 valence electrons. The van der Waals surface area contributed by atoms with Crippen molar-refractivity contribution in [2.24, 2.45) is 0 Å². The van der Waals surface area contributed by atoms with E-state index in [4.69, 9.17) is 22.6 Å². The Labute approximate surface area is 64.5 Å². The summed E-state index contributed by atoms with van der Waals surface area (Å²) in [6.45, 7) is 0. The van der Waals surface area contributed by atoms with Crippen molar-refractivity contribution in [2.45, 2.75) is 0 Å². The Bertz CT molecular complexity index is 77.1. The Morgan fingerprint density at radius 1 is 0.636 bits per heavy atom. The summed E-state index contributed by atoms with van der Waals surface area (Å²) in [5, 5.41) is 0. The molecule has 0 aromatic carbocycles. The molecule has 0 aromatic heterocycles. The van der Waals surface area contributed by atoms with Crippen molar-refractivity contribution < 1.29 is 49.9 Å². The van der Waals surface area contributed by atoms with Gasteiger partial charge in [-0.2, -0.15) is 0 Å². The third-order valence-electron chi connectivity index (χ3n) is 0. The van der Waals surface area contributed by atoms with E-state index in [1.165, 1.54) is 0 Å². The summed E-state index contributed by atoms with van der Waals surface area (Å²) >= 11 is -8.12. The van der Waals surface area contributed by atoms with Gasteiger partial charge < -0.3 is 11.5 Å². The van der Waals surface area contributed by atoms with Crippen LogP contribution in [0.25, 0.3) is 0 Å². The van der Waals surface area contributed by atoms with Gasteiger partial charge in [-0.05, 0) is 0 Å². The molecule has 0 fully saturated rings. The van der Waals surface area contributed by atoms with E-state index in [0.717, 1.165) is 0 Å². The van der Waals surface area contributed by atoms with E-state index < -0.39 is 15.8 Å². The van der Waals surface area contributed by atoms with Crippen LogP contribution >= 0.6 is 0 Å². The maximum absolute atomic E-state index is 8.12. The van der Waals surface area contributed by atoms with Crippen LogP contribution < -0.4 is 11.5 Å². The number of hydrogen-bond acceptors (Lipinski definition) is 6. The molecule has 0 aliphatic rings. The third kappa shape index (κ3) is 5350. The molecule has 0 rings (SSSR count). The van der Waals surface area contributed by atoms with Gasteiger partial charge in [0.2, 0.25) is 0 Å². The molecule has 0 aliphatic carbocycles. The molecule has 12 N–H and O–H groups in total. The average molecular weight is 361 g/mol. The van der Waals surface area contributed by atoms with Gasteiger partial charge in [-0.15, -0.1) is 0 Å². The fraction of sp³-hybridized carbons (Fsp3) is 1.00. The first-order valence-electron chi connectivity index (χ1n) is 2.26. The molecule has 8 nitrogen and oxygen atoms in total. The second-order valence-electron chi connectivity index (χ2n) is 0.949. The van der Waals surface area contributed by atoms with Gasteiger partial charge in [0.05, 0.1) is 14.1 Å². The Kier molecular flexibility index (Phi) is 6.11. The van der Waals surface area contributed by atoms with Crippen LogP contribution in [-0.2, 0) is 15.8 Å². The second-order valence-corrected chi connectivity index (χ2v) is 7.77. The van der Waals surface area contributed by atoms with E-state index in [9.17, 15) is 0 Å². The Morgan fingerprint density at radius 3 is 0.636 bits per heavy atom. The van der Waals surface area contributed by atoms with E-state index in [2.05, 4.69) is 11.5 Å². The van der Waals surface area contributed by atoms with Crippen molar-refractivity contribution in [3.63, 3.8) is 0 Å². The number of quaternary nitrogens is 2. The molecular formula is C2H18N2O6Pt. The first-order chi connectivity index (χ1) is 4.45. The van der Waals surface area contributed by atoms with E-state index in [0.29, 0.717) is 0 Å². The molecule has 0 saturated heterocycles. The van der Waals surface area contributed by atoms with Gasteiger partial charge in [-0.25, -0.2) is 0 Å². The van der Waals surface area contributed by atoms with E-state index in [1.54, 1.807) is 14.1 Å². The fourth-order valence-electron chi connectivity index (χ4n) is 0. The molecule has 9 heteroatoms. The number of rotatable bonds is 0. The first-order valence-corrected chi connectivity index (χ1v) is 8.36. The van der Waals surface area contributed by atoms with Gasteiger partial charge in [-0.1, -0.05) is 0 Å². The molecule has 0 atom stereocenters. The van der Waals surface area contributed by atoms with Gasteiger partial charge in [0.1, 0.15) is 0 Å². The van der Waals surface area contributed by atoms with Crippen LogP contribution in [0.3, 0.4) is 0 Å². The van der Waals surface area contributed by atoms with Crippen LogP contribution in [-0.4, -0.2) is 36.7 Å². The van der Waals surface area contributed by atoms with Gasteiger partial charge in [0.15, 0.2) is 0 Å². The molecule has 0 heterocycles. The monoisotopic (exact) mass is 361 g/mol. The topological polar surface area (TPSA) is 177 Å². The SMILES string of the molecule is C[NH3+].C[NH3+].[OH][Pt-2]([OH])([OH])([OH])([OH])[OH]. The summed E-state index contributed by atoms with van der Waals surface area (Å²) in [4.78, 5) is 0. The van der Waals surface area contributed by atoms with Crippen molar-refractivity contribution >= 4 is 0 Å². The van der Waals surface area contributed by atoms with Gasteiger partial charge >= 0.3 is 38.4 Å². The second kappa shape index (κ2) is 3.85. The minimum absolute atomic E-state index is 1.75. The van der Waals surface area contributed by atoms with Crippen LogP contribution in [0.5, 0.6) is 0 Å². The van der Waals surface area contributed by atoms with Crippen LogP contribution in [0, 0.1) is 0 Å². The van der Waals surface area contributed by atoms with E-state index in [1.807, 2.05) is 0 Å². The Hall–Kier alpha value is 0.368. The van der Waals surface area contributed by atoms with Crippen LogP contribution in [0.2, 0.25) is 0 Å². The minimum atomic E-state index is -8.12. The van der Waals surface area contributed by atoms with Crippen molar-refractivity contribution in [1.82, 2.24) is 0 Å². The van der Waals surface area contributed by atoms with Crippen LogP contribution in [0.15, 0.2) is 0 Å². The molecular weight excluding hydrogens is 343 g/mol. The zero-order valence-electron chi connectivity index (χ0n) is 6.41. The zero-order chi connectivity index (χ0) is 10.4. The van der Waals surface area contributed by atoms with Crippen molar-refractivity contribution in [3.8, 4) is 0 Å². The van der Waals surface area contributed by atoms with E-state index in [-0.39, 0.29) is 0 Å². The molecule has 0 saturated carbocycles. The summed E-state index contributed by atoms with van der Waals surface area (Å²) in [5.41, 5.74) is 6.50. The molecule has 0 aromatic rings. The van der Waals surface area contributed by atoms with Crippen molar-refractivity contribution in [1.29, 1.82) is 0 Å². The molecule has 0 aliphatic heterocycles. The van der Waals surface area contributed by atoms with Gasteiger partial charge in [-0.3, -0.25) is 0 Å². The average Bonchev–Trinajstić information content (AvgIpc) is 1.68. The van der Waals surface area contributed by atoms with E-state index >= 15 is 0 Å². The number of hydrogen-bond donors (Lipinski definition) is 8. The molecule has 0 amide bonds. The van der Waals surface area contributed by atoms with Gasteiger partial charge in [0.25, 0.3) is 0 Å². The van der Waals surface area contributed by atoms with Crippen LogP contribution in [0.1, 0.15) is 0 Å². The normalized spacial score (nSPS) is 15.8. The molecule has 0 radical (unpaired) electrons. The zero-order valence-corrected chi connectivity index (χ0v) is 8.69. The Balaban J connectivity index is -0.000000138. The van der Waals surface area contributed by atoms with Gasteiger partial charge in [0, 0.05) is 0 Å². The van der Waals surface area contributed by atoms with Crippen molar-refractivity contribution in [2.75, 3.05) is 14.1 Å². The predicted molar refractivity (Wildman–Crippen MR) is 30.9 cm³/mol. The summed E-state index contributed by atoms with van der Waals surface area (Å²) in [7, 11) is 3.50. The first kappa shape index (κ1) is 17.5. The molecule has 0 bridgehead atoms. The predicted octanol–water partition coefficient (Wildman–Crippen LogP) is -5.63. The quantitative estimate of drug-likeness (QED) is 0.213. The fourth-order valence-corrected chi connectivity index (χ4v) is 0. The molecule has 0 unspecified atom stereocenters. The Morgan fingerprint density at radius 2 is 0.636 bits per heavy atom. The summed E-state index contributed by atoms with van der Waals surface area (Å²) in [5.74, 6) is 0. The molecule has 0 spiro atoms. The maximum atomic E-state index is 7.41. The van der Waals surface area contributed by atoms with Crippen molar-refractivity contribution in [3.05, 3.63) is 0 Å². The summed E-state index contributed by atoms with van der Waals surface area (Å²) < 4.78 is 44.5. The van der Waals surface area contributed by atoms with Crippen LogP contribution in [0.4, 0.5) is 0 Å². The molecule has 11 heavy (non-hydrogen) atoms. The summed E-state index contributed by atoms with van der Waals surface area (Å²) in [6.07, 6.45) is 0.